The lowest BCUT2D eigenvalue weighted by molar-refractivity contribution is 0.666. The van der Waals surface area contributed by atoms with E-state index >= 15 is 0 Å². The van der Waals surface area contributed by atoms with E-state index in [2.05, 4.69) is 42.3 Å². The van der Waals surface area contributed by atoms with E-state index in [9.17, 15) is 0 Å². The first kappa shape index (κ1) is 13.1. The third-order valence-electron chi connectivity index (χ3n) is 1.42. The second-order valence-corrected chi connectivity index (χ2v) is 4.16. The van der Waals surface area contributed by atoms with Gasteiger partial charge in [-0.25, -0.2) is 0 Å². The van der Waals surface area contributed by atoms with Gasteiger partial charge in [-0.2, -0.15) is 10.2 Å². The molecule has 0 aliphatic heterocycles. The second-order valence-electron chi connectivity index (χ2n) is 3.22. The Balaban J connectivity index is 4.04. The predicted molar refractivity (Wildman–Crippen MR) is 67.6 cm³/mol. The first-order valence-corrected chi connectivity index (χ1v) is 5.30. The molecular formula is C10H17N3S. The van der Waals surface area contributed by atoms with E-state index in [4.69, 9.17) is 0 Å². The second kappa shape index (κ2) is 7.50. The van der Waals surface area contributed by atoms with E-state index in [0.717, 1.165) is 17.2 Å². The monoisotopic (exact) mass is 211 g/mol. The van der Waals surface area contributed by atoms with Gasteiger partial charge in [-0.1, -0.05) is 32.2 Å². The highest BCUT2D eigenvalue weighted by atomic mass is 32.2. The molecule has 0 N–H and O–H groups in total. The van der Waals surface area contributed by atoms with E-state index in [-0.39, 0.29) is 0 Å². The van der Waals surface area contributed by atoms with Crippen LogP contribution in [-0.2, 0) is 0 Å². The Hall–Kier alpha value is -0.900. The Kier molecular flexibility index (Phi) is 7.02. The van der Waals surface area contributed by atoms with Crippen LogP contribution >= 0.6 is 11.8 Å². The molecule has 0 amide bonds. The fraction of sp³-hybridized carbons (Fsp3) is 0.500. The van der Waals surface area contributed by atoms with Gasteiger partial charge >= 0.3 is 0 Å². The van der Waals surface area contributed by atoms with Gasteiger partial charge in [0.1, 0.15) is 0 Å². The molecule has 0 spiro atoms. The van der Waals surface area contributed by atoms with E-state index in [1.165, 1.54) is 11.8 Å². The summed E-state index contributed by atoms with van der Waals surface area (Å²) in [6.07, 6.45) is 0. The summed E-state index contributed by atoms with van der Waals surface area (Å²) in [5, 5.41) is 6.98. The minimum atomic E-state index is 0.575. The summed E-state index contributed by atoms with van der Waals surface area (Å²) >= 11 is 1.41. The van der Waals surface area contributed by atoms with Crippen molar-refractivity contribution in [3.05, 3.63) is 11.5 Å². The smallest absolute Gasteiger partial charge is 0.0872 e. The van der Waals surface area contributed by atoms with Crippen LogP contribution in [0, 0.1) is 5.92 Å². The number of rotatable bonds is 6. The zero-order valence-electron chi connectivity index (χ0n) is 9.03. The SMILES string of the molecule is C=N/N=C\SC(=C)/C(C)=N\CC(C)C. The van der Waals surface area contributed by atoms with Crippen LogP contribution in [0.1, 0.15) is 20.8 Å². The molecule has 14 heavy (non-hydrogen) atoms. The number of allylic oxidation sites excluding steroid dienone is 1. The van der Waals surface area contributed by atoms with Crippen LogP contribution in [0.4, 0.5) is 0 Å². The Morgan fingerprint density at radius 1 is 1.50 bits per heavy atom. The zero-order valence-corrected chi connectivity index (χ0v) is 9.84. The Bertz CT molecular complexity index is 254. The molecule has 78 valence electrons. The van der Waals surface area contributed by atoms with Crippen molar-refractivity contribution in [2.75, 3.05) is 6.54 Å². The molecule has 0 aromatic carbocycles. The highest BCUT2D eigenvalue weighted by Crippen LogP contribution is 2.12. The molecule has 0 unspecified atom stereocenters. The number of aliphatic imine (C=N–C) groups is 1. The van der Waals surface area contributed by atoms with E-state index in [0.29, 0.717) is 5.92 Å². The quantitative estimate of drug-likeness (QED) is 0.378. The molecule has 0 saturated heterocycles. The molecule has 0 aromatic heterocycles. The van der Waals surface area contributed by atoms with E-state index in [1.54, 1.807) is 5.55 Å². The van der Waals surface area contributed by atoms with Crippen LogP contribution in [0.15, 0.2) is 26.7 Å². The Morgan fingerprint density at radius 2 is 2.14 bits per heavy atom. The lowest BCUT2D eigenvalue weighted by Gasteiger charge is -2.03. The molecule has 0 heterocycles. The summed E-state index contributed by atoms with van der Waals surface area (Å²) in [5.74, 6) is 0.575. The van der Waals surface area contributed by atoms with Crippen molar-refractivity contribution < 1.29 is 0 Å². The van der Waals surface area contributed by atoms with E-state index < -0.39 is 0 Å². The number of thioether (sulfide) groups is 1. The molecule has 0 aliphatic carbocycles. The maximum absolute atomic E-state index is 4.39. The number of hydrogen-bond donors (Lipinski definition) is 0. The molecular weight excluding hydrogens is 194 g/mol. The molecule has 0 saturated carbocycles. The van der Waals surface area contributed by atoms with Crippen LogP contribution in [-0.4, -0.2) is 24.5 Å². The topological polar surface area (TPSA) is 37.1 Å². The fourth-order valence-electron chi connectivity index (χ4n) is 0.613. The van der Waals surface area contributed by atoms with Gasteiger partial charge in [0.2, 0.25) is 0 Å². The maximum Gasteiger partial charge on any atom is 0.0872 e. The summed E-state index contributed by atoms with van der Waals surface area (Å²) in [4.78, 5) is 5.29. The van der Waals surface area contributed by atoms with Gasteiger partial charge in [-0.3, -0.25) is 4.99 Å². The van der Waals surface area contributed by atoms with Crippen molar-refractivity contribution >= 4 is 29.7 Å². The normalized spacial score (nSPS) is 12.4. The first-order valence-electron chi connectivity index (χ1n) is 4.42. The maximum atomic E-state index is 4.39. The van der Waals surface area contributed by atoms with Crippen molar-refractivity contribution in [1.29, 1.82) is 0 Å². The molecule has 0 atom stereocenters. The van der Waals surface area contributed by atoms with Gasteiger partial charge < -0.3 is 0 Å². The first-order chi connectivity index (χ1) is 6.57. The van der Waals surface area contributed by atoms with Crippen molar-refractivity contribution in [2.45, 2.75) is 20.8 Å². The fourth-order valence-corrected chi connectivity index (χ4v) is 1.09. The van der Waals surface area contributed by atoms with E-state index in [1.807, 2.05) is 6.92 Å². The third kappa shape index (κ3) is 6.60. The van der Waals surface area contributed by atoms with Gasteiger partial charge in [0.15, 0.2) is 0 Å². The van der Waals surface area contributed by atoms with Crippen molar-refractivity contribution in [1.82, 2.24) is 0 Å². The summed E-state index contributed by atoms with van der Waals surface area (Å²) in [6.45, 7) is 14.2. The highest BCUT2D eigenvalue weighted by Gasteiger charge is 1.98. The minimum Gasteiger partial charge on any atom is -0.289 e. The lowest BCUT2D eigenvalue weighted by Crippen LogP contribution is -1.99. The molecule has 0 bridgehead atoms. The predicted octanol–water partition coefficient (Wildman–Crippen LogP) is 2.99. The van der Waals surface area contributed by atoms with Crippen LogP contribution in [0.25, 0.3) is 0 Å². The van der Waals surface area contributed by atoms with Crippen molar-refractivity contribution in [2.24, 2.45) is 21.1 Å². The summed E-state index contributed by atoms with van der Waals surface area (Å²) in [7, 11) is 0. The Morgan fingerprint density at radius 3 is 2.64 bits per heavy atom. The highest BCUT2D eigenvalue weighted by molar-refractivity contribution is 8.16. The molecule has 0 fully saturated rings. The molecule has 0 rings (SSSR count). The molecule has 4 heteroatoms. The molecule has 0 radical (unpaired) electrons. The zero-order chi connectivity index (χ0) is 11.0. The summed E-state index contributed by atoms with van der Waals surface area (Å²) in [5.41, 5.74) is 2.56. The van der Waals surface area contributed by atoms with Gasteiger partial charge in [0.05, 0.1) is 5.55 Å². The van der Waals surface area contributed by atoms with Crippen LogP contribution < -0.4 is 0 Å². The standard InChI is InChI=1S/C10H17N3S/c1-8(2)6-12-9(3)10(4)14-7-13-11-5/h7-8H,4-6H2,1-3H3/b12-9-,13-7-. The lowest BCUT2D eigenvalue weighted by atomic mass is 10.2. The van der Waals surface area contributed by atoms with Gasteiger partial charge in [0.25, 0.3) is 0 Å². The van der Waals surface area contributed by atoms with Gasteiger partial charge in [0, 0.05) is 23.9 Å². The summed E-state index contributed by atoms with van der Waals surface area (Å²) < 4.78 is 0. The molecule has 0 aromatic rings. The average molecular weight is 211 g/mol. The third-order valence-corrected chi connectivity index (χ3v) is 2.20. The molecule has 3 nitrogen and oxygen atoms in total. The van der Waals surface area contributed by atoms with Crippen molar-refractivity contribution in [3.8, 4) is 0 Å². The number of hydrogen-bond acceptors (Lipinski definition) is 4. The summed E-state index contributed by atoms with van der Waals surface area (Å²) in [6, 6.07) is 0. The van der Waals surface area contributed by atoms with Gasteiger partial charge in [-0.15, -0.1) is 0 Å². The van der Waals surface area contributed by atoms with Crippen LogP contribution in [0.3, 0.4) is 0 Å². The Labute approximate surface area is 90.1 Å². The number of nitrogens with zero attached hydrogens (tertiary/aromatic N) is 3. The van der Waals surface area contributed by atoms with Crippen LogP contribution in [0.2, 0.25) is 0 Å². The van der Waals surface area contributed by atoms with Crippen LogP contribution in [0.5, 0.6) is 0 Å². The minimum absolute atomic E-state index is 0.575. The largest absolute Gasteiger partial charge is 0.289 e. The van der Waals surface area contributed by atoms with Crippen molar-refractivity contribution in [3.63, 3.8) is 0 Å². The molecule has 0 aliphatic rings. The van der Waals surface area contributed by atoms with Gasteiger partial charge in [-0.05, 0) is 12.8 Å². The average Bonchev–Trinajstić information content (AvgIpc) is 2.14.